The standard InChI is InChI=1S/C28H26N4O4/c1-19-29-22-17-20(11-12-23(22)32(19)21-7-3-2-4-8-21)27(33)31-18-26(28(34)30-13-15-35-16-14-30)36-25-10-6-5-9-24(25)31/h2-12,17,26H,13-16,18H2,1H3/t26-/m1/s1. The summed E-state index contributed by atoms with van der Waals surface area (Å²) in [5.41, 5.74) is 3.85. The fourth-order valence-corrected chi connectivity index (χ4v) is 4.94. The Morgan fingerprint density at radius 3 is 2.50 bits per heavy atom. The van der Waals surface area contributed by atoms with Crippen LogP contribution in [-0.2, 0) is 9.53 Å². The summed E-state index contributed by atoms with van der Waals surface area (Å²) >= 11 is 0. The number of carbonyl (C=O) groups is 2. The SMILES string of the molecule is Cc1nc2cc(C(=O)N3C[C@H](C(=O)N4CCOCC4)Oc4ccccc43)ccc2n1-c1ccccc1. The van der Waals surface area contributed by atoms with Crippen LogP contribution >= 0.6 is 0 Å². The fraction of sp³-hybridized carbons (Fsp3) is 0.250. The van der Waals surface area contributed by atoms with Crippen molar-refractivity contribution in [3.05, 3.63) is 84.2 Å². The summed E-state index contributed by atoms with van der Waals surface area (Å²) in [4.78, 5) is 35.1. The van der Waals surface area contributed by atoms with Gasteiger partial charge in [0.1, 0.15) is 11.6 Å². The van der Waals surface area contributed by atoms with Crippen LogP contribution < -0.4 is 9.64 Å². The van der Waals surface area contributed by atoms with Gasteiger partial charge in [-0.2, -0.15) is 0 Å². The Kier molecular flexibility index (Phi) is 5.65. The molecule has 2 aliphatic rings. The first kappa shape index (κ1) is 22.3. The van der Waals surface area contributed by atoms with E-state index in [4.69, 9.17) is 14.5 Å². The summed E-state index contributed by atoms with van der Waals surface area (Å²) in [5, 5.41) is 0. The van der Waals surface area contributed by atoms with Crippen LogP contribution in [0.1, 0.15) is 16.2 Å². The number of benzene rings is 3. The van der Waals surface area contributed by atoms with E-state index in [2.05, 4.69) is 4.57 Å². The van der Waals surface area contributed by atoms with Crippen molar-refractivity contribution in [3.63, 3.8) is 0 Å². The summed E-state index contributed by atoms with van der Waals surface area (Å²) in [6.07, 6.45) is -0.773. The van der Waals surface area contributed by atoms with Gasteiger partial charge in [-0.15, -0.1) is 0 Å². The second-order valence-corrected chi connectivity index (χ2v) is 8.96. The third-order valence-corrected chi connectivity index (χ3v) is 6.70. The lowest BCUT2D eigenvalue weighted by atomic mass is 10.1. The molecule has 0 unspecified atom stereocenters. The largest absolute Gasteiger partial charge is 0.476 e. The summed E-state index contributed by atoms with van der Waals surface area (Å²) in [5.74, 6) is 1.04. The molecule has 8 nitrogen and oxygen atoms in total. The maximum Gasteiger partial charge on any atom is 0.265 e. The Morgan fingerprint density at radius 2 is 1.69 bits per heavy atom. The van der Waals surface area contributed by atoms with Crippen LogP contribution in [0.3, 0.4) is 0 Å². The molecule has 4 aromatic rings. The van der Waals surface area contributed by atoms with Gasteiger partial charge in [-0.3, -0.25) is 14.2 Å². The number of imidazole rings is 1. The predicted molar refractivity (Wildman–Crippen MR) is 136 cm³/mol. The summed E-state index contributed by atoms with van der Waals surface area (Å²) < 4.78 is 13.5. The minimum atomic E-state index is -0.773. The van der Waals surface area contributed by atoms with E-state index in [1.807, 2.05) is 73.7 Å². The van der Waals surface area contributed by atoms with Gasteiger partial charge in [0.2, 0.25) is 0 Å². The molecule has 0 saturated carbocycles. The molecule has 3 aromatic carbocycles. The molecule has 6 rings (SSSR count). The number of rotatable bonds is 3. The number of hydrogen-bond donors (Lipinski definition) is 0. The molecule has 1 atom stereocenters. The van der Waals surface area contributed by atoms with Gasteiger partial charge in [-0.1, -0.05) is 30.3 Å². The van der Waals surface area contributed by atoms with Crippen molar-refractivity contribution in [1.29, 1.82) is 0 Å². The zero-order valence-corrected chi connectivity index (χ0v) is 20.0. The number of hydrogen-bond acceptors (Lipinski definition) is 5. The number of aromatic nitrogens is 2. The topological polar surface area (TPSA) is 76.9 Å². The lowest BCUT2D eigenvalue weighted by Gasteiger charge is -2.37. The molecule has 3 heterocycles. The second-order valence-electron chi connectivity index (χ2n) is 8.96. The van der Waals surface area contributed by atoms with Crippen molar-refractivity contribution in [2.45, 2.75) is 13.0 Å². The van der Waals surface area contributed by atoms with Crippen molar-refractivity contribution >= 4 is 28.5 Å². The van der Waals surface area contributed by atoms with Crippen molar-refractivity contribution in [3.8, 4) is 11.4 Å². The molecule has 0 aliphatic carbocycles. The third-order valence-electron chi connectivity index (χ3n) is 6.70. The molecule has 1 fully saturated rings. The van der Waals surface area contributed by atoms with Crippen LogP contribution in [0.25, 0.3) is 16.7 Å². The van der Waals surface area contributed by atoms with Gasteiger partial charge < -0.3 is 19.3 Å². The van der Waals surface area contributed by atoms with Crippen molar-refractivity contribution in [1.82, 2.24) is 14.5 Å². The monoisotopic (exact) mass is 482 g/mol. The van der Waals surface area contributed by atoms with Gasteiger partial charge in [0.05, 0.1) is 36.5 Å². The maximum absolute atomic E-state index is 13.8. The van der Waals surface area contributed by atoms with Gasteiger partial charge >= 0.3 is 0 Å². The number of fused-ring (bicyclic) bond motifs is 2. The number of nitrogens with zero attached hydrogens (tertiary/aromatic N) is 4. The number of anilines is 1. The van der Waals surface area contributed by atoms with Crippen LogP contribution in [0.4, 0.5) is 5.69 Å². The highest BCUT2D eigenvalue weighted by molar-refractivity contribution is 6.09. The molecule has 36 heavy (non-hydrogen) atoms. The lowest BCUT2D eigenvalue weighted by molar-refractivity contribution is -0.142. The molecule has 0 N–H and O–H groups in total. The molecular formula is C28H26N4O4. The zero-order valence-electron chi connectivity index (χ0n) is 20.0. The van der Waals surface area contributed by atoms with Crippen LogP contribution in [0.15, 0.2) is 72.8 Å². The zero-order chi connectivity index (χ0) is 24.6. The highest BCUT2D eigenvalue weighted by Crippen LogP contribution is 2.35. The number of ether oxygens (including phenoxy) is 2. The van der Waals surface area contributed by atoms with Gasteiger partial charge in [-0.25, -0.2) is 4.98 Å². The molecule has 2 aliphatic heterocycles. The van der Waals surface area contributed by atoms with E-state index in [1.165, 1.54) is 0 Å². The molecule has 0 bridgehead atoms. The van der Waals surface area contributed by atoms with E-state index < -0.39 is 6.10 Å². The molecular weight excluding hydrogens is 456 g/mol. The normalized spacial score (nSPS) is 17.5. The van der Waals surface area contributed by atoms with E-state index in [9.17, 15) is 9.59 Å². The third kappa shape index (κ3) is 3.89. The number of carbonyl (C=O) groups excluding carboxylic acids is 2. The highest BCUT2D eigenvalue weighted by atomic mass is 16.5. The van der Waals surface area contributed by atoms with Gasteiger partial charge in [0, 0.05) is 24.3 Å². The first-order chi connectivity index (χ1) is 17.6. The summed E-state index contributed by atoms with van der Waals surface area (Å²) in [7, 11) is 0. The first-order valence-corrected chi connectivity index (χ1v) is 12.1. The Bertz CT molecular complexity index is 1440. The number of amides is 2. The Hall–Kier alpha value is -4.17. The first-order valence-electron chi connectivity index (χ1n) is 12.1. The molecule has 2 amide bonds. The average Bonchev–Trinajstić information content (AvgIpc) is 3.27. The minimum Gasteiger partial charge on any atom is -0.476 e. The number of aryl methyl sites for hydroxylation is 1. The van der Waals surface area contributed by atoms with Gasteiger partial charge in [0.25, 0.3) is 11.8 Å². The Labute approximate surface area is 208 Å². The lowest BCUT2D eigenvalue weighted by Crippen LogP contribution is -2.54. The van der Waals surface area contributed by atoms with E-state index in [-0.39, 0.29) is 18.4 Å². The summed E-state index contributed by atoms with van der Waals surface area (Å²) in [6, 6.07) is 22.9. The van der Waals surface area contributed by atoms with Crippen LogP contribution in [0.5, 0.6) is 5.75 Å². The second kappa shape index (κ2) is 9.13. The predicted octanol–water partition coefficient (Wildman–Crippen LogP) is 3.60. The Morgan fingerprint density at radius 1 is 0.944 bits per heavy atom. The van der Waals surface area contributed by atoms with E-state index in [0.29, 0.717) is 43.3 Å². The molecule has 0 radical (unpaired) electrons. The fourth-order valence-electron chi connectivity index (χ4n) is 4.94. The van der Waals surface area contributed by atoms with Crippen LogP contribution in [-0.4, -0.2) is 65.2 Å². The minimum absolute atomic E-state index is 0.127. The quantitative estimate of drug-likeness (QED) is 0.446. The summed E-state index contributed by atoms with van der Waals surface area (Å²) in [6.45, 7) is 4.15. The highest BCUT2D eigenvalue weighted by Gasteiger charge is 2.36. The Balaban J connectivity index is 1.33. The van der Waals surface area contributed by atoms with E-state index in [1.54, 1.807) is 15.9 Å². The van der Waals surface area contributed by atoms with E-state index in [0.717, 1.165) is 22.5 Å². The number of para-hydroxylation sites is 3. The van der Waals surface area contributed by atoms with Crippen LogP contribution in [0, 0.1) is 6.92 Å². The smallest absolute Gasteiger partial charge is 0.265 e. The molecule has 182 valence electrons. The van der Waals surface area contributed by atoms with Crippen molar-refractivity contribution in [2.75, 3.05) is 37.7 Å². The van der Waals surface area contributed by atoms with Gasteiger partial charge in [0.15, 0.2) is 6.10 Å². The molecule has 8 heteroatoms. The van der Waals surface area contributed by atoms with E-state index >= 15 is 0 Å². The molecule has 1 aromatic heterocycles. The maximum atomic E-state index is 13.8. The molecule has 1 saturated heterocycles. The van der Waals surface area contributed by atoms with Crippen molar-refractivity contribution < 1.29 is 19.1 Å². The average molecular weight is 483 g/mol. The number of morpholine rings is 1. The van der Waals surface area contributed by atoms with Crippen molar-refractivity contribution in [2.24, 2.45) is 0 Å². The molecule has 0 spiro atoms. The van der Waals surface area contributed by atoms with Gasteiger partial charge in [-0.05, 0) is 49.4 Å². The van der Waals surface area contributed by atoms with Crippen LogP contribution in [0.2, 0.25) is 0 Å².